The minimum absolute atomic E-state index is 0.0245. The van der Waals surface area contributed by atoms with E-state index in [4.69, 9.17) is 4.99 Å². The zero-order valence-electron chi connectivity index (χ0n) is 34.4. The van der Waals surface area contributed by atoms with E-state index in [9.17, 15) is 0 Å². The lowest BCUT2D eigenvalue weighted by atomic mass is 9.89. The fourth-order valence-corrected chi connectivity index (χ4v) is 8.10. The van der Waals surface area contributed by atoms with E-state index >= 15 is 0 Å². The fraction of sp³-hybridized carbons (Fsp3) is 0.125. The number of hydrogen-bond donors (Lipinski definition) is 1. The van der Waals surface area contributed by atoms with Crippen molar-refractivity contribution in [2.45, 2.75) is 45.7 Å². The summed E-state index contributed by atoms with van der Waals surface area (Å²) >= 11 is 0. The Balaban J connectivity index is 1.25. The van der Waals surface area contributed by atoms with Gasteiger partial charge in [-0.25, -0.2) is 0 Å². The molecule has 2 nitrogen and oxygen atoms in total. The first-order valence-electron chi connectivity index (χ1n) is 20.4. The van der Waals surface area contributed by atoms with Crippen LogP contribution >= 0.6 is 0 Å². The number of nitrogens with zero attached hydrogens (tertiary/aromatic N) is 1. The maximum atomic E-state index is 5.52. The molecule has 0 radical (unpaired) electrons. The molecule has 1 unspecified atom stereocenters. The standard InChI is InChI=1S/C56H48N2Si/c1-40(44-17-8-6-9-18-44)57-56(58-41(2)45-19-10-7-11-20-45)55-52(25-16-26-53(55)47-34-29-43(30-35-47)37-38-59(3,4)5)46-32-27-42(28-33-46)31-36-54-50-23-14-12-21-48(50)39-49-22-13-15-24-51(49)54/h6-30,32-35,39-40,56-57H,1-5H3/b58-41+/t40-,56?/m1/s1. The molecule has 59 heavy (non-hydrogen) atoms. The highest BCUT2D eigenvalue weighted by Crippen LogP contribution is 2.39. The van der Waals surface area contributed by atoms with Gasteiger partial charge in [-0.15, -0.1) is 5.54 Å². The smallest absolute Gasteiger partial charge is 0.129 e. The molecule has 2 atom stereocenters. The minimum atomic E-state index is -1.52. The molecule has 0 saturated carbocycles. The Labute approximate surface area is 350 Å². The van der Waals surface area contributed by atoms with Crippen molar-refractivity contribution in [3.05, 3.63) is 215 Å². The van der Waals surface area contributed by atoms with Gasteiger partial charge in [0, 0.05) is 34.0 Å². The van der Waals surface area contributed by atoms with Gasteiger partial charge < -0.3 is 0 Å². The summed E-state index contributed by atoms with van der Waals surface area (Å²) in [5.74, 6) is 10.5. The van der Waals surface area contributed by atoms with Crippen LogP contribution < -0.4 is 5.32 Å². The lowest BCUT2D eigenvalue weighted by Gasteiger charge is -2.27. The lowest BCUT2D eigenvalue weighted by Crippen LogP contribution is -2.25. The molecular weight excluding hydrogens is 729 g/mol. The summed E-state index contributed by atoms with van der Waals surface area (Å²) in [6, 6.07) is 64.4. The first-order chi connectivity index (χ1) is 28.7. The Kier molecular flexibility index (Phi) is 11.5. The van der Waals surface area contributed by atoms with Gasteiger partial charge in [0.1, 0.15) is 14.2 Å². The minimum Gasteiger partial charge on any atom is -0.285 e. The number of benzene rings is 8. The van der Waals surface area contributed by atoms with E-state index in [0.29, 0.717) is 0 Å². The summed E-state index contributed by atoms with van der Waals surface area (Å²) in [6.45, 7) is 11.2. The average molecular weight is 777 g/mol. The molecule has 0 fully saturated rings. The zero-order valence-corrected chi connectivity index (χ0v) is 35.4. The van der Waals surface area contributed by atoms with Crippen LogP contribution in [0.1, 0.15) is 59.4 Å². The molecule has 8 rings (SSSR count). The summed E-state index contributed by atoms with van der Waals surface area (Å²) in [4.78, 5) is 5.52. The highest BCUT2D eigenvalue weighted by Gasteiger charge is 2.23. The van der Waals surface area contributed by atoms with Crippen molar-refractivity contribution < 1.29 is 0 Å². The summed E-state index contributed by atoms with van der Waals surface area (Å²) in [5, 5.41) is 8.70. The predicted octanol–water partition coefficient (Wildman–Crippen LogP) is 13.8. The number of rotatable bonds is 8. The van der Waals surface area contributed by atoms with Crippen LogP contribution in [0.3, 0.4) is 0 Å². The van der Waals surface area contributed by atoms with E-state index in [-0.39, 0.29) is 12.2 Å². The van der Waals surface area contributed by atoms with E-state index in [1.807, 2.05) is 6.07 Å². The molecule has 8 aromatic carbocycles. The van der Waals surface area contributed by atoms with Crippen LogP contribution in [0.15, 0.2) is 187 Å². The summed E-state index contributed by atoms with van der Waals surface area (Å²) in [7, 11) is -1.52. The molecule has 0 spiro atoms. The summed E-state index contributed by atoms with van der Waals surface area (Å²) in [6.07, 6.45) is -0.373. The van der Waals surface area contributed by atoms with Crippen LogP contribution in [0.25, 0.3) is 43.8 Å². The topological polar surface area (TPSA) is 24.4 Å². The number of fused-ring (bicyclic) bond motifs is 2. The largest absolute Gasteiger partial charge is 0.285 e. The lowest BCUT2D eigenvalue weighted by molar-refractivity contribution is 0.482. The van der Waals surface area contributed by atoms with Gasteiger partial charge in [-0.2, -0.15) is 0 Å². The molecule has 0 heterocycles. The predicted molar refractivity (Wildman–Crippen MR) is 254 cm³/mol. The molecule has 0 bridgehead atoms. The molecule has 0 aromatic heterocycles. The Bertz CT molecular complexity index is 2850. The molecular formula is C56H48N2Si. The van der Waals surface area contributed by atoms with Gasteiger partial charge in [0.05, 0.1) is 0 Å². The summed E-state index contributed by atoms with van der Waals surface area (Å²) in [5.41, 5.74) is 15.4. The zero-order chi connectivity index (χ0) is 40.8. The SMILES string of the molecule is C/C(=N\C(N[C@H](C)c1ccccc1)c1c(-c2ccc(C#Cc3c4ccccc4cc4ccccc34)cc2)cccc1-c1ccc(C#C[Si](C)(C)C)cc1)c1ccccc1. The monoisotopic (exact) mass is 776 g/mol. The second kappa shape index (κ2) is 17.4. The van der Waals surface area contributed by atoms with Crippen molar-refractivity contribution in [3.8, 4) is 45.6 Å². The third-order valence-corrected chi connectivity index (χ3v) is 11.6. The molecule has 8 aromatic rings. The van der Waals surface area contributed by atoms with Crippen molar-refractivity contribution in [2.75, 3.05) is 0 Å². The van der Waals surface area contributed by atoms with E-state index in [2.05, 4.69) is 238 Å². The number of nitrogens with one attached hydrogen (secondary N) is 1. The van der Waals surface area contributed by atoms with Gasteiger partial charge in [0.25, 0.3) is 0 Å². The third-order valence-electron chi connectivity index (χ3n) is 10.7. The van der Waals surface area contributed by atoms with Crippen LogP contribution in [0.2, 0.25) is 19.6 Å². The van der Waals surface area contributed by atoms with Crippen molar-refractivity contribution in [1.29, 1.82) is 0 Å². The molecule has 0 aliphatic carbocycles. The Morgan fingerprint density at radius 2 is 1.05 bits per heavy atom. The van der Waals surface area contributed by atoms with Crippen LogP contribution in [-0.4, -0.2) is 13.8 Å². The number of aliphatic imine (C=N–C) groups is 1. The quantitative estimate of drug-likeness (QED) is 0.0707. The highest BCUT2D eigenvalue weighted by molar-refractivity contribution is 6.83. The fourth-order valence-electron chi connectivity index (χ4n) is 7.58. The Morgan fingerprint density at radius 1 is 0.542 bits per heavy atom. The van der Waals surface area contributed by atoms with E-state index < -0.39 is 8.07 Å². The van der Waals surface area contributed by atoms with Gasteiger partial charge in [0.2, 0.25) is 0 Å². The average Bonchev–Trinajstić information content (AvgIpc) is 3.27. The van der Waals surface area contributed by atoms with Crippen molar-refractivity contribution >= 4 is 35.3 Å². The molecule has 1 N–H and O–H groups in total. The normalized spacial score (nSPS) is 12.6. The van der Waals surface area contributed by atoms with Gasteiger partial charge in [-0.3, -0.25) is 10.3 Å². The maximum absolute atomic E-state index is 5.52. The Hall–Kier alpha value is -6.75. The van der Waals surface area contributed by atoms with E-state index in [0.717, 1.165) is 55.8 Å². The molecule has 0 saturated heterocycles. The van der Waals surface area contributed by atoms with Gasteiger partial charge >= 0.3 is 0 Å². The third kappa shape index (κ3) is 9.20. The van der Waals surface area contributed by atoms with Crippen molar-refractivity contribution in [2.24, 2.45) is 4.99 Å². The van der Waals surface area contributed by atoms with E-state index in [1.165, 1.54) is 27.1 Å². The van der Waals surface area contributed by atoms with Crippen LogP contribution in [0.4, 0.5) is 0 Å². The number of hydrogen-bond acceptors (Lipinski definition) is 2. The summed E-state index contributed by atoms with van der Waals surface area (Å²) < 4.78 is 0. The Morgan fingerprint density at radius 3 is 1.61 bits per heavy atom. The van der Waals surface area contributed by atoms with Crippen molar-refractivity contribution in [3.63, 3.8) is 0 Å². The highest BCUT2D eigenvalue weighted by atomic mass is 28.3. The van der Waals surface area contributed by atoms with E-state index in [1.54, 1.807) is 0 Å². The first-order valence-corrected chi connectivity index (χ1v) is 23.9. The van der Waals surface area contributed by atoms with Crippen LogP contribution in [0, 0.1) is 23.3 Å². The molecule has 0 amide bonds. The first kappa shape index (κ1) is 39.1. The van der Waals surface area contributed by atoms with Gasteiger partial charge in [-0.05, 0) is 99.1 Å². The molecule has 0 aliphatic heterocycles. The molecule has 3 heteroatoms. The van der Waals surface area contributed by atoms with Crippen LogP contribution in [0.5, 0.6) is 0 Å². The maximum Gasteiger partial charge on any atom is 0.129 e. The molecule has 286 valence electrons. The van der Waals surface area contributed by atoms with Gasteiger partial charge in [-0.1, -0.05) is 189 Å². The molecule has 0 aliphatic rings. The van der Waals surface area contributed by atoms with Crippen molar-refractivity contribution in [1.82, 2.24) is 5.32 Å². The second-order valence-electron chi connectivity index (χ2n) is 16.1. The second-order valence-corrected chi connectivity index (χ2v) is 20.9. The van der Waals surface area contributed by atoms with Gasteiger partial charge in [0.15, 0.2) is 0 Å². The van der Waals surface area contributed by atoms with Crippen LogP contribution in [-0.2, 0) is 0 Å².